The van der Waals surface area contributed by atoms with Crippen LogP contribution in [0.15, 0.2) is 60.7 Å². The number of hydrogen-bond donors (Lipinski definition) is 6. The van der Waals surface area contributed by atoms with E-state index in [1.54, 1.807) is 30.3 Å². The summed E-state index contributed by atoms with van der Waals surface area (Å²) in [5.41, 5.74) is -0.464. The van der Waals surface area contributed by atoms with Crippen LogP contribution >= 0.6 is 0 Å². The Hall–Kier alpha value is -4.46. The normalized spacial score (nSPS) is 10.4. The van der Waals surface area contributed by atoms with Gasteiger partial charge in [-0.2, -0.15) is 0 Å². The van der Waals surface area contributed by atoms with Crippen LogP contribution in [0.25, 0.3) is 21.5 Å². The maximum atomic E-state index is 10.9. The molecule has 6 N–H and O–H groups in total. The first-order valence-electron chi connectivity index (χ1n) is 8.55. The lowest BCUT2D eigenvalue weighted by molar-refractivity contribution is 0.0684. The summed E-state index contributed by atoms with van der Waals surface area (Å²) in [6.45, 7) is 0. The second kappa shape index (κ2) is 7.88. The molecule has 0 saturated heterocycles. The lowest BCUT2D eigenvalue weighted by atomic mass is 10.0. The molecular formula is C22H16O8. The standard InChI is InChI=1S/2C11H8O4/c12-7-3-1-6-2-4-9(13)10(11(14)15)8(6)5-7;12-7-3-1-2-6-4-5-8(13)10(9(6)7)11(14)15/h2*1-5,12-13H,(H,14,15). The average Bonchev–Trinajstić information content (AvgIpc) is 2.68. The third-order valence-corrected chi connectivity index (χ3v) is 4.41. The van der Waals surface area contributed by atoms with Gasteiger partial charge < -0.3 is 30.6 Å². The Morgan fingerprint density at radius 3 is 1.80 bits per heavy atom. The minimum Gasteiger partial charge on any atom is -0.508 e. The number of carbonyl (C=O) groups is 2. The van der Waals surface area contributed by atoms with E-state index in [0.29, 0.717) is 16.2 Å². The van der Waals surface area contributed by atoms with Gasteiger partial charge in [-0.3, -0.25) is 0 Å². The fraction of sp³-hybridized carbons (Fsp3) is 0. The Morgan fingerprint density at radius 1 is 0.600 bits per heavy atom. The molecule has 0 aliphatic carbocycles. The molecule has 0 unspecified atom stereocenters. The zero-order valence-electron chi connectivity index (χ0n) is 15.3. The van der Waals surface area contributed by atoms with Crippen LogP contribution in [0.2, 0.25) is 0 Å². The number of aromatic hydroxyl groups is 4. The minimum absolute atomic E-state index is 0.0319. The van der Waals surface area contributed by atoms with E-state index in [4.69, 9.17) is 10.2 Å². The van der Waals surface area contributed by atoms with Crippen molar-refractivity contribution in [3.05, 3.63) is 71.8 Å². The van der Waals surface area contributed by atoms with Crippen LogP contribution in [-0.4, -0.2) is 42.6 Å². The molecule has 0 spiro atoms. The van der Waals surface area contributed by atoms with Crippen molar-refractivity contribution in [3.63, 3.8) is 0 Å². The van der Waals surface area contributed by atoms with Gasteiger partial charge in [0.2, 0.25) is 0 Å². The number of carboxylic acids is 2. The summed E-state index contributed by atoms with van der Waals surface area (Å²) in [7, 11) is 0. The second-order valence-corrected chi connectivity index (χ2v) is 6.31. The third-order valence-electron chi connectivity index (χ3n) is 4.41. The minimum atomic E-state index is -1.26. The molecule has 0 aromatic heterocycles. The highest BCUT2D eigenvalue weighted by Gasteiger charge is 2.16. The quantitative estimate of drug-likeness (QED) is 0.292. The largest absolute Gasteiger partial charge is 0.508 e. The average molecular weight is 408 g/mol. The number of benzene rings is 4. The highest BCUT2D eigenvalue weighted by molar-refractivity contribution is 6.08. The molecule has 0 atom stereocenters. The fourth-order valence-electron chi connectivity index (χ4n) is 3.09. The molecule has 0 heterocycles. The van der Waals surface area contributed by atoms with Crippen LogP contribution in [-0.2, 0) is 0 Å². The summed E-state index contributed by atoms with van der Waals surface area (Å²) < 4.78 is 0. The molecule has 8 nitrogen and oxygen atoms in total. The van der Waals surface area contributed by atoms with Gasteiger partial charge in [-0.25, -0.2) is 9.59 Å². The predicted molar refractivity (Wildman–Crippen MR) is 108 cm³/mol. The van der Waals surface area contributed by atoms with Crippen molar-refractivity contribution in [2.24, 2.45) is 0 Å². The van der Waals surface area contributed by atoms with Crippen molar-refractivity contribution in [2.45, 2.75) is 0 Å². The predicted octanol–water partition coefficient (Wildman–Crippen LogP) is 3.90. The summed E-state index contributed by atoms with van der Waals surface area (Å²) in [5, 5.41) is 57.2. The first-order valence-corrected chi connectivity index (χ1v) is 8.55. The Labute approximate surface area is 169 Å². The molecule has 0 aliphatic rings. The fourth-order valence-corrected chi connectivity index (χ4v) is 3.09. The van der Waals surface area contributed by atoms with E-state index in [2.05, 4.69) is 0 Å². The molecule has 0 bridgehead atoms. The number of hydrogen-bond acceptors (Lipinski definition) is 6. The van der Waals surface area contributed by atoms with Gasteiger partial charge in [0.25, 0.3) is 0 Å². The van der Waals surface area contributed by atoms with Gasteiger partial charge in [-0.05, 0) is 41.1 Å². The molecule has 152 valence electrons. The summed E-state index contributed by atoms with van der Waals surface area (Å²) in [6.07, 6.45) is 0. The summed E-state index contributed by atoms with van der Waals surface area (Å²) >= 11 is 0. The lowest BCUT2D eigenvalue weighted by Gasteiger charge is -2.06. The summed E-state index contributed by atoms with van der Waals surface area (Å²) in [4.78, 5) is 21.8. The molecule has 0 saturated carbocycles. The molecule has 4 rings (SSSR count). The van der Waals surface area contributed by atoms with Crippen molar-refractivity contribution < 1.29 is 40.2 Å². The highest BCUT2D eigenvalue weighted by Crippen LogP contribution is 2.33. The SMILES string of the molecule is O=C(O)c1c(O)ccc2ccc(O)cc12.O=C(O)c1c(O)ccc2cccc(O)c12. The molecule has 0 fully saturated rings. The van der Waals surface area contributed by atoms with Gasteiger partial charge in [0, 0.05) is 10.8 Å². The number of fused-ring (bicyclic) bond motifs is 2. The van der Waals surface area contributed by atoms with Crippen LogP contribution in [0.1, 0.15) is 20.7 Å². The molecule has 0 amide bonds. The van der Waals surface area contributed by atoms with Gasteiger partial charge in [0.15, 0.2) is 0 Å². The molecule has 30 heavy (non-hydrogen) atoms. The van der Waals surface area contributed by atoms with E-state index >= 15 is 0 Å². The first kappa shape index (κ1) is 20.3. The van der Waals surface area contributed by atoms with Crippen molar-refractivity contribution >= 4 is 33.5 Å². The van der Waals surface area contributed by atoms with Crippen LogP contribution in [0.4, 0.5) is 0 Å². The van der Waals surface area contributed by atoms with Gasteiger partial charge >= 0.3 is 11.9 Å². The van der Waals surface area contributed by atoms with E-state index in [1.807, 2.05) is 0 Å². The van der Waals surface area contributed by atoms with Crippen molar-refractivity contribution in [1.82, 2.24) is 0 Å². The van der Waals surface area contributed by atoms with Crippen LogP contribution in [0.5, 0.6) is 23.0 Å². The first-order chi connectivity index (χ1) is 14.2. The van der Waals surface area contributed by atoms with Crippen LogP contribution in [0.3, 0.4) is 0 Å². The van der Waals surface area contributed by atoms with Gasteiger partial charge in [-0.1, -0.05) is 30.3 Å². The van der Waals surface area contributed by atoms with Crippen LogP contribution < -0.4 is 0 Å². The molecule has 0 aliphatic heterocycles. The van der Waals surface area contributed by atoms with Crippen molar-refractivity contribution in [3.8, 4) is 23.0 Å². The summed E-state index contributed by atoms with van der Waals surface area (Å²) in [5.74, 6) is -3.32. The number of carboxylic acid groups (broad SMARTS) is 2. The molecule has 8 heteroatoms. The van der Waals surface area contributed by atoms with E-state index in [0.717, 1.165) is 0 Å². The molecule has 4 aromatic carbocycles. The topological polar surface area (TPSA) is 156 Å². The third kappa shape index (κ3) is 3.74. The molecule has 4 aromatic rings. The van der Waals surface area contributed by atoms with E-state index < -0.39 is 11.9 Å². The molecular weight excluding hydrogens is 392 g/mol. The second-order valence-electron chi connectivity index (χ2n) is 6.31. The number of aromatic carboxylic acids is 2. The van der Waals surface area contributed by atoms with Gasteiger partial charge in [-0.15, -0.1) is 0 Å². The zero-order valence-corrected chi connectivity index (χ0v) is 15.3. The van der Waals surface area contributed by atoms with Crippen LogP contribution in [0, 0.1) is 0 Å². The van der Waals surface area contributed by atoms with Crippen molar-refractivity contribution in [2.75, 3.05) is 0 Å². The maximum absolute atomic E-state index is 10.9. The Morgan fingerprint density at radius 2 is 1.17 bits per heavy atom. The molecule has 0 radical (unpaired) electrons. The number of phenolic OH excluding ortho intramolecular Hbond substituents is 2. The number of phenols is 4. The smallest absolute Gasteiger partial charge is 0.340 e. The maximum Gasteiger partial charge on any atom is 0.340 e. The Bertz CT molecular complexity index is 1290. The number of rotatable bonds is 2. The van der Waals surface area contributed by atoms with E-state index in [1.165, 1.54) is 30.3 Å². The van der Waals surface area contributed by atoms with E-state index in [-0.39, 0.29) is 39.5 Å². The highest BCUT2D eigenvalue weighted by atomic mass is 16.4. The lowest BCUT2D eigenvalue weighted by Crippen LogP contribution is -1.98. The van der Waals surface area contributed by atoms with Crippen molar-refractivity contribution in [1.29, 1.82) is 0 Å². The zero-order chi connectivity index (χ0) is 22.0. The summed E-state index contributed by atoms with van der Waals surface area (Å²) in [6, 6.07) is 14.8. The van der Waals surface area contributed by atoms with Gasteiger partial charge in [0.1, 0.15) is 34.1 Å². The van der Waals surface area contributed by atoms with Gasteiger partial charge in [0.05, 0.1) is 0 Å². The Kier molecular flexibility index (Phi) is 5.33. The van der Waals surface area contributed by atoms with E-state index in [9.17, 15) is 30.0 Å². The Balaban J connectivity index is 0.000000171. The monoisotopic (exact) mass is 408 g/mol.